The third-order valence-electron chi connectivity index (χ3n) is 4.63. The smallest absolute Gasteiger partial charge is 0.330 e. The molecule has 0 aliphatic heterocycles. The first kappa shape index (κ1) is 19.9. The van der Waals surface area contributed by atoms with Gasteiger partial charge in [-0.1, -0.05) is 66.7 Å². The number of hydrogen-bond acceptors (Lipinski definition) is 4. The fourth-order valence-electron chi connectivity index (χ4n) is 3.16. The van der Waals surface area contributed by atoms with Gasteiger partial charge in [-0.25, -0.2) is 9.36 Å². The molecule has 0 aliphatic carbocycles. The second kappa shape index (κ2) is 8.91. The van der Waals surface area contributed by atoms with Crippen LogP contribution < -0.4 is 22.7 Å². The van der Waals surface area contributed by atoms with Gasteiger partial charge in [-0.05, 0) is 29.0 Å². The van der Waals surface area contributed by atoms with Gasteiger partial charge in [0, 0.05) is 24.7 Å². The molecule has 0 aliphatic rings. The van der Waals surface area contributed by atoms with Gasteiger partial charge in [-0.15, -0.1) is 0 Å². The molecule has 0 amide bonds. The molecule has 0 spiro atoms. The van der Waals surface area contributed by atoms with E-state index in [1.165, 1.54) is 12.3 Å². The number of H-pyrrole nitrogens is 1. The predicted octanol–water partition coefficient (Wildman–Crippen LogP) is 1.87. The van der Waals surface area contributed by atoms with Crippen molar-refractivity contribution in [2.45, 2.75) is 18.5 Å². The lowest BCUT2D eigenvalue weighted by molar-refractivity contribution is 0.346. The van der Waals surface area contributed by atoms with Crippen molar-refractivity contribution in [3.8, 4) is 12.0 Å². The van der Waals surface area contributed by atoms with Gasteiger partial charge < -0.3 is 10.7 Å². The predicted molar refractivity (Wildman–Crippen MR) is 116 cm³/mol. The van der Waals surface area contributed by atoms with Crippen LogP contribution in [0.3, 0.4) is 0 Å². The zero-order chi connectivity index (χ0) is 20.7. The monoisotopic (exact) mass is 386 g/mol. The molecule has 1 aromatic heterocycles. The number of nitrogens with one attached hydrogen (secondary N) is 1. The summed E-state index contributed by atoms with van der Waals surface area (Å²) in [6.45, 7) is 0. The topological polar surface area (TPSA) is 107 Å². The van der Waals surface area contributed by atoms with Crippen LogP contribution in [0.15, 0.2) is 76.4 Å². The molecular weight excluding hydrogens is 364 g/mol. The number of aromatic nitrogens is 2. The molecule has 3 aromatic rings. The van der Waals surface area contributed by atoms with Crippen molar-refractivity contribution < 1.29 is 0 Å². The normalized spacial score (nSPS) is 12.9. The molecule has 29 heavy (non-hydrogen) atoms. The summed E-state index contributed by atoms with van der Waals surface area (Å²) in [5.41, 5.74) is 12.2. The highest BCUT2D eigenvalue weighted by molar-refractivity contribution is 5.71. The van der Waals surface area contributed by atoms with E-state index in [4.69, 9.17) is 11.5 Å². The third-order valence-corrected chi connectivity index (χ3v) is 4.63. The van der Waals surface area contributed by atoms with Crippen LogP contribution in [0.5, 0.6) is 0 Å². The molecule has 3 rings (SSSR count). The average molecular weight is 386 g/mol. The number of rotatable bonds is 6. The Bertz CT molecular complexity index is 1150. The maximum Gasteiger partial charge on any atom is 0.330 e. The first-order chi connectivity index (χ1) is 14.0. The zero-order valence-electron chi connectivity index (χ0n) is 15.8. The molecule has 6 heteroatoms. The van der Waals surface area contributed by atoms with Crippen LogP contribution in [-0.2, 0) is 12.1 Å². The largest absolute Gasteiger partial charge is 0.359 e. The molecule has 146 valence electrons. The van der Waals surface area contributed by atoms with Crippen molar-refractivity contribution in [2.75, 3.05) is 0 Å². The SMILES string of the molecule is NC#CC(N)(CCc1ccccc1C=Cc1ccccc1)n1c(=O)cc[nH]c1=O. The van der Waals surface area contributed by atoms with Crippen molar-refractivity contribution in [3.05, 3.63) is 104 Å². The van der Waals surface area contributed by atoms with Crippen molar-refractivity contribution in [3.63, 3.8) is 0 Å². The molecule has 1 heterocycles. The summed E-state index contributed by atoms with van der Waals surface area (Å²) < 4.78 is 0.912. The van der Waals surface area contributed by atoms with Gasteiger partial charge in [0.15, 0.2) is 5.66 Å². The Kier molecular flexibility index (Phi) is 6.12. The third kappa shape index (κ3) is 4.72. The standard InChI is InChI=1S/C23H22N4O2/c24-16-15-23(25,27-21(28)13-17-26-22(27)29)14-12-20-9-5-4-8-19(20)11-10-18-6-2-1-3-7-18/h1-11,13,17H,12,14,24-25H2,(H,26,29). The number of nitrogens with zero attached hydrogens (tertiary/aromatic N) is 1. The summed E-state index contributed by atoms with van der Waals surface area (Å²) in [5, 5.41) is 0. The molecule has 5 N–H and O–H groups in total. The lowest BCUT2D eigenvalue weighted by Crippen LogP contribution is -2.54. The van der Waals surface area contributed by atoms with E-state index in [0.717, 1.165) is 21.3 Å². The Hall–Kier alpha value is -3.82. The van der Waals surface area contributed by atoms with Crippen LogP contribution in [0.25, 0.3) is 12.2 Å². The Morgan fingerprint density at radius 3 is 2.45 bits per heavy atom. The highest BCUT2D eigenvalue weighted by Crippen LogP contribution is 2.19. The van der Waals surface area contributed by atoms with Crippen LogP contribution in [-0.4, -0.2) is 9.55 Å². The van der Waals surface area contributed by atoms with Gasteiger partial charge in [0.1, 0.15) is 0 Å². The first-order valence-electron chi connectivity index (χ1n) is 9.17. The van der Waals surface area contributed by atoms with Crippen LogP contribution in [0.2, 0.25) is 0 Å². The lowest BCUT2D eigenvalue weighted by atomic mass is 9.96. The molecular formula is C23H22N4O2. The summed E-state index contributed by atoms with van der Waals surface area (Å²) in [5.74, 6) is 2.64. The quantitative estimate of drug-likeness (QED) is 0.341. The first-order valence-corrected chi connectivity index (χ1v) is 9.17. The highest BCUT2D eigenvalue weighted by atomic mass is 16.2. The van der Waals surface area contributed by atoms with E-state index < -0.39 is 16.9 Å². The van der Waals surface area contributed by atoms with Crippen molar-refractivity contribution in [2.24, 2.45) is 11.5 Å². The lowest BCUT2D eigenvalue weighted by Gasteiger charge is -2.25. The van der Waals surface area contributed by atoms with Gasteiger partial charge in [0.2, 0.25) is 0 Å². The fraction of sp³-hybridized carbons (Fsp3) is 0.130. The maximum absolute atomic E-state index is 12.2. The summed E-state index contributed by atoms with van der Waals surface area (Å²) >= 11 is 0. The van der Waals surface area contributed by atoms with Gasteiger partial charge >= 0.3 is 5.69 Å². The molecule has 2 aromatic carbocycles. The second-order valence-corrected chi connectivity index (χ2v) is 6.59. The van der Waals surface area contributed by atoms with Gasteiger partial charge in [0.05, 0.1) is 0 Å². The van der Waals surface area contributed by atoms with Crippen LogP contribution >= 0.6 is 0 Å². The summed E-state index contributed by atoms with van der Waals surface area (Å²) in [6.07, 6.45) is 6.07. The molecule has 0 saturated heterocycles. The second-order valence-electron chi connectivity index (χ2n) is 6.59. The van der Waals surface area contributed by atoms with E-state index >= 15 is 0 Å². The van der Waals surface area contributed by atoms with E-state index in [1.807, 2.05) is 66.7 Å². The Balaban J connectivity index is 1.90. The van der Waals surface area contributed by atoms with Gasteiger partial charge in [0.25, 0.3) is 5.56 Å². The van der Waals surface area contributed by atoms with E-state index in [9.17, 15) is 9.59 Å². The van der Waals surface area contributed by atoms with E-state index in [-0.39, 0.29) is 6.42 Å². The molecule has 0 bridgehead atoms. The van der Waals surface area contributed by atoms with Crippen molar-refractivity contribution in [1.82, 2.24) is 9.55 Å². The van der Waals surface area contributed by atoms with Gasteiger partial charge in [-0.3, -0.25) is 10.5 Å². The summed E-state index contributed by atoms with van der Waals surface area (Å²) in [7, 11) is 0. The van der Waals surface area contributed by atoms with E-state index in [2.05, 4.69) is 16.9 Å². The average Bonchev–Trinajstić information content (AvgIpc) is 2.72. The molecule has 0 fully saturated rings. The molecule has 1 unspecified atom stereocenters. The van der Waals surface area contributed by atoms with Crippen LogP contribution in [0, 0.1) is 12.0 Å². The molecule has 0 radical (unpaired) electrons. The number of hydrogen-bond donors (Lipinski definition) is 3. The Morgan fingerprint density at radius 2 is 1.72 bits per heavy atom. The van der Waals surface area contributed by atoms with Crippen LogP contribution in [0.4, 0.5) is 0 Å². The Labute approximate surface area is 168 Å². The van der Waals surface area contributed by atoms with E-state index in [1.54, 1.807) is 0 Å². The number of aromatic amines is 1. The van der Waals surface area contributed by atoms with Gasteiger partial charge in [-0.2, -0.15) is 0 Å². The molecule has 1 atom stereocenters. The minimum absolute atomic E-state index is 0.236. The minimum Gasteiger partial charge on any atom is -0.359 e. The molecule has 6 nitrogen and oxygen atoms in total. The van der Waals surface area contributed by atoms with E-state index in [0.29, 0.717) is 6.42 Å². The summed E-state index contributed by atoms with van der Waals surface area (Å²) in [4.78, 5) is 26.9. The number of nitrogens with two attached hydrogens (primary N) is 2. The zero-order valence-corrected chi connectivity index (χ0v) is 15.8. The fourth-order valence-corrected chi connectivity index (χ4v) is 3.16. The minimum atomic E-state index is -1.52. The molecule has 0 saturated carbocycles. The van der Waals surface area contributed by atoms with Crippen LogP contribution in [0.1, 0.15) is 23.1 Å². The Morgan fingerprint density at radius 1 is 1.00 bits per heavy atom. The maximum atomic E-state index is 12.2. The summed E-state index contributed by atoms with van der Waals surface area (Å²) in [6, 6.07) is 21.3. The number of benzene rings is 2. The van der Waals surface area contributed by atoms with Crippen molar-refractivity contribution >= 4 is 12.2 Å². The number of aryl methyl sites for hydroxylation is 1. The van der Waals surface area contributed by atoms with Crippen molar-refractivity contribution in [1.29, 1.82) is 0 Å². The highest BCUT2D eigenvalue weighted by Gasteiger charge is 2.28.